The fourth-order valence-corrected chi connectivity index (χ4v) is 2.08. The van der Waals surface area contributed by atoms with Gasteiger partial charge in [-0.1, -0.05) is 12.2 Å². The summed E-state index contributed by atoms with van der Waals surface area (Å²) < 4.78 is 22.0. The molecule has 1 N–H and O–H groups in total. The molecule has 4 nitrogen and oxygen atoms in total. The van der Waals surface area contributed by atoms with Crippen molar-refractivity contribution in [2.75, 3.05) is 6.54 Å². The van der Waals surface area contributed by atoms with E-state index in [1.165, 1.54) is 24.3 Å². The second-order valence-corrected chi connectivity index (χ2v) is 6.14. The van der Waals surface area contributed by atoms with Crippen LogP contribution in [0.3, 0.4) is 0 Å². The Kier molecular flexibility index (Phi) is 5.37. The Morgan fingerprint density at radius 1 is 1.33 bits per heavy atom. The Morgan fingerprint density at radius 3 is 2.44 bits per heavy atom. The summed E-state index contributed by atoms with van der Waals surface area (Å²) in [4.78, 5) is 11.6. The number of nitrogens with one attached hydrogen (secondary N) is 1. The van der Waals surface area contributed by atoms with Gasteiger partial charge in [0.1, 0.15) is 0 Å². The predicted molar refractivity (Wildman–Crippen MR) is 71.2 cm³/mol. The monoisotopic (exact) mass is 287 g/mol. The lowest BCUT2D eigenvalue weighted by molar-refractivity contribution is 0.0954. The van der Waals surface area contributed by atoms with Crippen LogP contribution >= 0.6 is 10.7 Å². The maximum Gasteiger partial charge on any atom is 0.261 e. The first-order valence-electron chi connectivity index (χ1n) is 5.39. The van der Waals surface area contributed by atoms with Crippen LogP contribution in [0.2, 0.25) is 0 Å². The van der Waals surface area contributed by atoms with Crippen molar-refractivity contribution in [2.24, 2.45) is 0 Å². The minimum Gasteiger partial charge on any atom is -0.352 e. The molecular weight excluding hydrogens is 274 g/mol. The van der Waals surface area contributed by atoms with Gasteiger partial charge in [-0.25, -0.2) is 8.42 Å². The van der Waals surface area contributed by atoms with Gasteiger partial charge in [-0.05, 0) is 37.6 Å². The molecule has 0 fully saturated rings. The second kappa shape index (κ2) is 6.56. The molecule has 0 saturated heterocycles. The van der Waals surface area contributed by atoms with Crippen LogP contribution in [0.15, 0.2) is 41.3 Å². The summed E-state index contributed by atoms with van der Waals surface area (Å²) in [5.74, 6) is -0.238. The molecule has 0 aromatic heterocycles. The van der Waals surface area contributed by atoms with Crippen molar-refractivity contribution in [1.82, 2.24) is 5.32 Å². The molecule has 1 rings (SSSR count). The number of hydrogen-bond donors (Lipinski definition) is 1. The molecule has 0 bridgehead atoms. The molecule has 0 unspecified atom stereocenters. The van der Waals surface area contributed by atoms with Crippen molar-refractivity contribution in [3.63, 3.8) is 0 Å². The van der Waals surface area contributed by atoms with E-state index in [9.17, 15) is 13.2 Å². The first-order chi connectivity index (χ1) is 8.45. The van der Waals surface area contributed by atoms with Gasteiger partial charge in [-0.15, -0.1) is 0 Å². The van der Waals surface area contributed by atoms with Gasteiger partial charge < -0.3 is 5.32 Å². The number of carbonyl (C=O) groups is 1. The highest BCUT2D eigenvalue weighted by atomic mass is 35.7. The molecular formula is C12H14ClNO3S. The van der Waals surface area contributed by atoms with E-state index >= 15 is 0 Å². The third-order valence-electron chi connectivity index (χ3n) is 2.23. The van der Waals surface area contributed by atoms with E-state index in [0.29, 0.717) is 12.1 Å². The predicted octanol–water partition coefficient (Wildman–Crippen LogP) is 2.31. The topological polar surface area (TPSA) is 63.2 Å². The van der Waals surface area contributed by atoms with Crippen LogP contribution in [0.25, 0.3) is 0 Å². The number of amides is 1. The molecule has 0 saturated carbocycles. The first kappa shape index (κ1) is 14.7. The second-order valence-electron chi connectivity index (χ2n) is 3.58. The Morgan fingerprint density at radius 2 is 1.94 bits per heavy atom. The Balaban J connectivity index is 2.65. The molecule has 1 aromatic carbocycles. The molecule has 0 spiro atoms. The zero-order valence-corrected chi connectivity index (χ0v) is 11.5. The number of carbonyl (C=O) groups excluding carboxylic acids is 1. The molecule has 1 aromatic rings. The standard InChI is InChI=1S/C12H14ClNO3S/c1-2-3-4-9-14-12(15)10-5-7-11(8-6-10)18(13,16)17/h2-3,5-8H,4,9H2,1H3,(H,14,15)/b3-2+. The Bertz CT molecular complexity index is 535. The van der Waals surface area contributed by atoms with E-state index in [2.05, 4.69) is 5.32 Å². The van der Waals surface area contributed by atoms with E-state index in [4.69, 9.17) is 10.7 Å². The summed E-state index contributed by atoms with van der Waals surface area (Å²) in [6.07, 6.45) is 4.62. The molecule has 0 heterocycles. The number of rotatable bonds is 5. The quantitative estimate of drug-likeness (QED) is 0.513. The lowest BCUT2D eigenvalue weighted by atomic mass is 10.2. The van der Waals surface area contributed by atoms with Gasteiger partial charge in [0.25, 0.3) is 15.0 Å². The van der Waals surface area contributed by atoms with Gasteiger partial charge in [0.05, 0.1) is 4.90 Å². The lowest BCUT2D eigenvalue weighted by Crippen LogP contribution is -2.24. The molecule has 6 heteroatoms. The van der Waals surface area contributed by atoms with Crippen LogP contribution < -0.4 is 5.32 Å². The zero-order valence-electron chi connectivity index (χ0n) is 9.89. The van der Waals surface area contributed by atoms with E-state index in [1.54, 1.807) is 0 Å². The Hall–Kier alpha value is -1.33. The van der Waals surface area contributed by atoms with Crippen LogP contribution in [0.1, 0.15) is 23.7 Å². The zero-order chi connectivity index (χ0) is 13.6. The average Bonchev–Trinajstić information content (AvgIpc) is 2.33. The van der Waals surface area contributed by atoms with Gasteiger partial charge in [0.15, 0.2) is 0 Å². The lowest BCUT2D eigenvalue weighted by Gasteiger charge is -2.04. The minimum absolute atomic E-state index is 0.0189. The number of halogens is 1. The summed E-state index contributed by atoms with van der Waals surface area (Å²) >= 11 is 0. The summed E-state index contributed by atoms with van der Waals surface area (Å²) in [6, 6.07) is 5.48. The van der Waals surface area contributed by atoms with Crippen molar-refractivity contribution in [3.05, 3.63) is 42.0 Å². The van der Waals surface area contributed by atoms with Crippen molar-refractivity contribution in [2.45, 2.75) is 18.2 Å². The highest BCUT2D eigenvalue weighted by molar-refractivity contribution is 8.13. The maximum atomic E-state index is 11.7. The first-order valence-corrected chi connectivity index (χ1v) is 7.70. The van der Waals surface area contributed by atoms with Crippen LogP contribution in [0, 0.1) is 0 Å². The molecule has 1 amide bonds. The minimum atomic E-state index is -3.74. The third kappa shape index (κ3) is 4.50. The van der Waals surface area contributed by atoms with E-state index < -0.39 is 9.05 Å². The van der Waals surface area contributed by atoms with Crippen LogP contribution in [0.4, 0.5) is 0 Å². The normalized spacial score (nSPS) is 11.7. The highest BCUT2D eigenvalue weighted by Gasteiger charge is 2.11. The summed E-state index contributed by atoms with van der Waals surface area (Å²) in [6.45, 7) is 2.45. The summed E-state index contributed by atoms with van der Waals surface area (Å²) in [7, 11) is 1.43. The van der Waals surface area contributed by atoms with E-state index in [-0.39, 0.29) is 10.8 Å². The van der Waals surface area contributed by atoms with E-state index in [1.807, 2.05) is 19.1 Å². The van der Waals surface area contributed by atoms with Gasteiger partial charge in [-0.2, -0.15) is 0 Å². The van der Waals surface area contributed by atoms with Crippen molar-refractivity contribution >= 4 is 25.6 Å². The fraction of sp³-hybridized carbons (Fsp3) is 0.250. The fourth-order valence-electron chi connectivity index (χ4n) is 1.31. The average molecular weight is 288 g/mol. The van der Waals surface area contributed by atoms with Crippen LogP contribution in [-0.4, -0.2) is 20.9 Å². The Labute approximate surface area is 111 Å². The molecule has 0 aliphatic heterocycles. The van der Waals surface area contributed by atoms with Gasteiger partial charge >= 0.3 is 0 Å². The summed E-state index contributed by atoms with van der Waals surface area (Å²) in [5.41, 5.74) is 0.402. The smallest absolute Gasteiger partial charge is 0.261 e. The number of benzene rings is 1. The number of hydrogen-bond acceptors (Lipinski definition) is 3. The summed E-state index contributed by atoms with van der Waals surface area (Å²) in [5, 5.41) is 2.72. The SMILES string of the molecule is C/C=C/CCNC(=O)c1ccc(S(=O)(=O)Cl)cc1. The van der Waals surface area contributed by atoms with E-state index in [0.717, 1.165) is 6.42 Å². The highest BCUT2D eigenvalue weighted by Crippen LogP contribution is 2.15. The molecule has 98 valence electrons. The van der Waals surface area contributed by atoms with Crippen LogP contribution in [-0.2, 0) is 9.05 Å². The molecule has 0 aliphatic carbocycles. The van der Waals surface area contributed by atoms with Crippen molar-refractivity contribution in [1.29, 1.82) is 0 Å². The molecule has 18 heavy (non-hydrogen) atoms. The maximum absolute atomic E-state index is 11.7. The van der Waals surface area contributed by atoms with Gasteiger partial charge in [0.2, 0.25) is 0 Å². The molecule has 0 atom stereocenters. The van der Waals surface area contributed by atoms with Gasteiger partial charge in [-0.3, -0.25) is 4.79 Å². The third-order valence-corrected chi connectivity index (χ3v) is 3.60. The van der Waals surface area contributed by atoms with Gasteiger partial charge in [0, 0.05) is 22.8 Å². The largest absolute Gasteiger partial charge is 0.352 e. The molecule has 0 aliphatic rings. The van der Waals surface area contributed by atoms with Crippen molar-refractivity contribution < 1.29 is 13.2 Å². The van der Waals surface area contributed by atoms with Crippen LogP contribution in [0.5, 0.6) is 0 Å². The molecule has 0 radical (unpaired) electrons. The number of allylic oxidation sites excluding steroid dienone is 1. The van der Waals surface area contributed by atoms with Crippen molar-refractivity contribution in [3.8, 4) is 0 Å².